The van der Waals surface area contributed by atoms with Gasteiger partial charge in [-0.2, -0.15) is 13.8 Å². The molecule has 1 aliphatic rings. The number of aliphatic hydroxyl groups is 2. The Morgan fingerprint density at radius 1 is 1.17 bits per heavy atom. The number of hydrogen-bond acceptors (Lipinski definition) is 9. The van der Waals surface area contributed by atoms with Crippen molar-refractivity contribution in [2.75, 3.05) is 25.1 Å². The number of benzene rings is 1. The maximum atomic E-state index is 14.2. The van der Waals surface area contributed by atoms with Gasteiger partial charge in [0.1, 0.15) is 18.5 Å². The summed E-state index contributed by atoms with van der Waals surface area (Å²) in [6.45, 7) is -0.661. The van der Waals surface area contributed by atoms with Gasteiger partial charge in [0.2, 0.25) is 6.23 Å². The van der Waals surface area contributed by atoms with Gasteiger partial charge in [-0.1, -0.05) is 30.3 Å². The Morgan fingerprint density at radius 3 is 2.57 bits per heavy atom. The lowest BCUT2D eigenvalue weighted by Crippen LogP contribution is -2.41. The molecule has 2 aromatic rings. The number of amides is 2. The van der Waals surface area contributed by atoms with Gasteiger partial charge in [-0.3, -0.25) is 9.88 Å². The van der Waals surface area contributed by atoms with E-state index in [2.05, 4.69) is 15.6 Å². The number of alkyl halides is 2. The molecule has 1 unspecified atom stereocenters. The van der Waals surface area contributed by atoms with Crippen molar-refractivity contribution in [1.82, 2.24) is 14.9 Å². The molecule has 1 fully saturated rings. The van der Waals surface area contributed by atoms with Crippen LogP contribution in [0.4, 0.5) is 24.2 Å². The van der Waals surface area contributed by atoms with Gasteiger partial charge in [0, 0.05) is 12.7 Å². The number of halogens is 2. The highest BCUT2D eigenvalue weighted by Crippen LogP contribution is 2.41. The van der Waals surface area contributed by atoms with E-state index in [0.717, 1.165) is 17.8 Å². The molecule has 1 aromatic carbocycles. The highest BCUT2D eigenvalue weighted by molar-refractivity contribution is 5.83. The SMILES string of the molecule is O=C(NCCCOC(=O)Nc1ccn([C@@H]2OC(CO)[C@@H](O)C2(F)F)c(=O)n1)OCc1ccccc1. The Balaban J connectivity index is 1.39. The first-order chi connectivity index (χ1) is 16.7. The number of hydrogen-bond donors (Lipinski definition) is 4. The van der Waals surface area contributed by atoms with Gasteiger partial charge in [-0.25, -0.2) is 14.4 Å². The minimum absolute atomic E-state index is 0.0789. The summed E-state index contributed by atoms with van der Waals surface area (Å²) in [6.07, 6.45) is -6.47. The molecule has 14 heteroatoms. The van der Waals surface area contributed by atoms with E-state index in [1.54, 1.807) is 0 Å². The van der Waals surface area contributed by atoms with Crippen molar-refractivity contribution in [3.63, 3.8) is 0 Å². The first-order valence-electron chi connectivity index (χ1n) is 10.5. The van der Waals surface area contributed by atoms with E-state index in [4.69, 9.17) is 19.3 Å². The molecule has 2 heterocycles. The smallest absolute Gasteiger partial charge is 0.412 e. The molecule has 12 nitrogen and oxygen atoms in total. The summed E-state index contributed by atoms with van der Waals surface area (Å²) >= 11 is 0. The van der Waals surface area contributed by atoms with Crippen molar-refractivity contribution in [2.24, 2.45) is 0 Å². The topological polar surface area (TPSA) is 161 Å². The number of anilines is 1. The Kier molecular flexibility index (Phi) is 8.68. The fourth-order valence-electron chi connectivity index (χ4n) is 3.12. The largest absolute Gasteiger partial charge is 0.449 e. The van der Waals surface area contributed by atoms with Crippen molar-refractivity contribution in [2.45, 2.75) is 37.4 Å². The standard InChI is InChI=1S/C21H24F2N4O8/c22-21(23)16(29)14(11-28)35-17(21)27-9-7-15(25-18(27)30)26-20(32)33-10-4-8-24-19(31)34-12-13-5-2-1-3-6-13/h1-3,5-7,9,14,16-17,28-29H,4,8,10-12H2,(H,24,31)(H,25,26,30,32)/t14?,16-,17-/m1/s1. The number of nitrogens with zero attached hydrogens (tertiary/aromatic N) is 2. The molecule has 0 radical (unpaired) electrons. The zero-order valence-electron chi connectivity index (χ0n) is 18.3. The van der Waals surface area contributed by atoms with E-state index in [0.29, 0.717) is 4.57 Å². The number of carbonyl (C=O) groups is 2. The number of aliphatic hydroxyl groups excluding tert-OH is 2. The molecule has 1 saturated heterocycles. The Labute approximate surface area is 197 Å². The number of rotatable bonds is 9. The van der Waals surface area contributed by atoms with E-state index < -0.39 is 48.8 Å². The second-order valence-corrected chi connectivity index (χ2v) is 7.43. The number of carbonyl (C=O) groups excluding carboxylic acids is 2. The second kappa shape index (κ2) is 11.7. The van der Waals surface area contributed by atoms with Crippen LogP contribution in [0.15, 0.2) is 47.4 Å². The maximum absolute atomic E-state index is 14.2. The summed E-state index contributed by atoms with van der Waals surface area (Å²) in [6, 6.07) is 10.2. The maximum Gasteiger partial charge on any atom is 0.412 e. The van der Waals surface area contributed by atoms with Crippen molar-refractivity contribution < 1.29 is 42.8 Å². The van der Waals surface area contributed by atoms with Gasteiger partial charge in [0.15, 0.2) is 6.10 Å². The van der Waals surface area contributed by atoms with Gasteiger partial charge in [0.05, 0.1) is 13.2 Å². The predicted molar refractivity (Wildman–Crippen MR) is 115 cm³/mol. The highest BCUT2D eigenvalue weighted by atomic mass is 19.3. The highest BCUT2D eigenvalue weighted by Gasteiger charge is 2.59. The van der Waals surface area contributed by atoms with Gasteiger partial charge in [-0.05, 0) is 18.1 Å². The van der Waals surface area contributed by atoms with Crippen LogP contribution in [-0.2, 0) is 20.8 Å². The third-order valence-corrected chi connectivity index (χ3v) is 4.91. The number of ether oxygens (including phenoxy) is 3. The van der Waals surface area contributed by atoms with Crippen LogP contribution in [0.25, 0.3) is 0 Å². The van der Waals surface area contributed by atoms with E-state index in [1.807, 2.05) is 30.3 Å². The molecule has 1 aliphatic heterocycles. The van der Waals surface area contributed by atoms with Crippen LogP contribution in [0.1, 0.15) is 18.2 Å². The van der Waals surface area contributed by atoms with Gasteiger partial charge in [0.25, 0.3) is 0 Å². The molecule has 4 N–H and O–H groups in total. The quantitative estimate of drug-likeness (QED) is 0.370. The van der Waals surface area contributed by atoms with Crippen LogP contribution in [0.3, 0.4) is 0 Å². The average Bonchev–Trinajstić information content (AvgIpc) is 3.06. The number of aromatic nitrogens is 2. The molecule has 0 spiro atoms. The molecule has 190 valence electrons. The molecule has 0 bridgehead atoms. The Bertz CT molecular complexity index is 1070. The molecule has 3 atom stereocenters. The lowest BCUT2D eigenvalue weighted by Gasteiger charge is -2.21. The van der Waals surface area contributed by atoms with E-state index in [1.165, 1.54) is 0 Å². The van der Waals surface area contributed by atoms with Crippen molar-refractivity contribution in [3.05, 3.63) is 58.6 Å². The number of alkyl carbamates (subject to hydrolysis) is 1. The molecule has 1 aromatic heterocycles. The Morgan fingerprint density at radius 2 is 1.91 bits per heavy atom. The monoisotopic (exact) mass is 498 g/mol. The first-order valence-corrected chi connectivity index (χ1v) is 10.5. The lowest BCUT2D eigenvalue weighted by atomic mass is 10.1. The fourth-order valence-corrected chi connectivity index (χ4v) is 3.12. The van der Waals surface area contributed by atoms with Crippen LogP contribution in [0.2, 0.25) is 0 Å². The Hall–Kier alpha value is -3.62. The molecular weight excluding hydrogens is 474 g/mol. The van der Waals surface area contributed by atoms with E-state index in [9.17, 15) is 28.3 Å². The second-order valence-electron chi connectivity index (χ2n) is 7.43. The van der Waals surface area contributed by atoms with E-state index in [-0.39, 0.29) is 32.0 Å². The molecular formula is C21H24F2N4O8. The minimum Gasteiger partial charge on any atom is -0.449 e. The summed E-state index contributed by atoms with van der Waals surface area (Å²) in [5.74, 6) is -4.12. The third kappa shape index (κ3) is 6.71. The lowest BCUT2D eigenvalue weighted by molar-refractivity contribution is -0.140. The molecule has 35 heavy (non-hydrogen) atoms. The van der Waals surface area contributed by atoms with Crippen LogP contribution >= 0.6 is 0 Å². The normalized spacial score (nSPS) is 20.7. The molecule has 3 rings (SSSR count). The third-order valence-electron chi connectivity index (χ3n) is 4.91. The van der Waals surface area contributed by atoms with Crippen LogP contribution in [-0.4, -0.2) is 69.8 Å². The van der Waals surface area contributed by atoms with Crippen molar-refractivity contribution >= 4 is 18.0 Å². The van der Waals surface area contributed by atoms with Gasteiger partial charge in [-0.15, -0.1) is 0 Å². The van der Waals surface area contributed by atoms with Crippen LogP contribution in [0, 0.1) is 0 Å². The number of nitrogens with one attached hydrogen (secondary N) is 2. The van der Waals surface area contributed by atoms with Crippen molar-refractivity contribution in [1.29, 1.82) is 0 Å². The molecule has 2 amide bonds. The minimum atomic E-state index is -3.85. The zero-order valence-corrected chi connectivity index (χ0v) is 18.3. The molecule has 0 saturated carbocycles. The summed E-state index contributed by atoms with van der Waals surface area (Å²) in [7, 11) is 0. The molecule has 0 aliphatic carbocycles. The van der Waals surface area contributed by atoms with Gasteiger partial charge >= 0.3 is 23.8 Å². The van der Waals surface area contributed by atoms with Crippen LogP contribution in [0.5, 0.6) is 0 Å². The summed E-state index contributed by atoms with van der Waals surface area (Å²) < 4.78 is 43.6. The summed E-state index contributed by atoms with van der Waals surface area (Å²) in [5.41, 5.74) is -0.350. The predicted octanol–water partition coefficient (Wildman–Crippen LogP) is 0.994. The van der Waals surface area contributed by atoms with Gasteiger partial charge < -0.3 is 29.7 Å². The van der Waals surface area contributed by atoms with Crippen molar-refractivity contribution in [3.8, 4) is 0 Å². The average molecular weight is 498 g/mol. The summed E-state index contributed by atoms with van der Waals surface area (Å²) in [4.78, 5) is 39.1. The fraction of sp³-hybridized carbons (Fsp3) is 0.429. The van der Waals surface area contributed by atoms with E-state index >= 15 is 0 Å². The van der Waals surface area contributed by atoms with Crippen LogP contribution < -0.4 is 16.3 Å². The summed E-state index contributed by atoms with van der Waals surface area (Å²) in [5, 5.41) is 23.3. The first kappa shape index (κ1) is 26.0. The zero-order chi connectivity index (χ0) is 25.4.